The van der Waals surface area contributed by atoms with E-state index in [2.05, 4.69) is 15.2 Å². The van der Waals surface area contributed by atoms with E-state index in [1.54, 1.807) is 31.2 Å². The molecule has 10 nitrogen and oxygen atoms in total. The van der Waals surface area contributed by atoms with Crippen LogP contribution in [0.4, 0.5) is 0 Å². The number of carbonyl (C=O) groups is 1. The zero-order valence-corrected chi connectivity index (χ0v) is 15.2. The van der Waals surface area contributed by atoms with Crippen LogP contribution in [0.1, 0.15) is 23.0 Å². The largest absolute Gasteiger partial charge is 0.478 e. The number of amidine groups is 1. The van der Waals surface area contributed by atoms with Gasteiger partial charge in [0.1, 0.15) is 18.0 Å². The third-order valence-corrected chi connectivity index (χ3v) is 3.87. The normalized spacial score (nSPS) is 11.4. The first-order valence-corrected chi connectivity index (χ1v) is 8.36. The Bertz CT molecular complexity index is 1100. The predicted octanol–water partition coefficient (Wildman–Crippen LogP) is 0.988. The summed E-state index contributed by atoms with van der Waals surface area (Å²) in [7, 11) is 1.49. The summed E-state index contributed by atoms with van der Waals surface area (Å²) in [5.74, 6) is -1.15. The average Bonchev–Trinajstić information content (AvgIpc) is 3.01. The number of oxime groups is 1. The molecule has 0 saturated carbocycles. The molecule has 3 rings (SSSR count). The van der Waals surface area contributed by atoms with Crippen LogP contribution < -0.4 is 11.4 Å². The lowest BCUT2D eigenvalue weighted by atomic mass is 10.1. The van der Waals surface area contributed by atoms with Gasteiger partial charge in [0, 0.05) is 7.05 Å². The molecule has 2 heterocycles. The van der Waals surface area contributed by atoms with Gasteiger partial charge in [-0.2, -0.15) is 4.68 Å². The average molecular weight is 382 g/mol. The second-order valence-electron chi connectivity index (χ2n) is 5.70. The molecule has 1 aromatic carbocycles. The van der Waals surface area contributed by atoms with E-state index in [9.17, 15) is 14.7 Å². The van der Waals surface area contributed by atoms with Crippen molar-refractivity contribution in [2.45, 2.75) is 6.92 Å². The molecule has 0 aliphatic heterocycles. The second-order valence-corrected chi connectivity index (χ2v) is 5.70. The molecular formula is C18H18N6O4. The number of aromatic nitrogens is 4. The molecule has 0 aliphatic rings. The highest BCUT2D eigenvalue weighted by atomic mass is 16.6. The monoisotopic (exact) mass is 382 g/mol. The molecule has 10 heteroatoms. The Morgan fingerprint density at radius 2 is 1.96 bits per heavy atom. The van der Waals surface area contributed by atoms with Crippen LogP contribution in [0.2, 0.25) is 0 Å². The smallest absolute Gasteiger partial charge is 0.350 e. The van der Waals surface area contributed by atoms with Crippen molar-refractivity contribution in [3.8, 4) is 17.2 Å². The minimum atomic E-state index is -1.21. The van der Waals surface area contributed by atoms with Gasteiger partial charge < -0.3 is 15.7 Å². The zero-order valence-electron chi connectivity index (χ0n) is 15.2. The van der Waals surface area contributed by atoms with Crippen LogP contribution >= 0.6 is 0 Å². The Kier molecular flexibility index (Phi) is 5.21. The van der Waals surface area contributed by atoms with Gasteiger partial charge in [-0.25, -0.2) is 14.6 Å². The van der Waals surface area contributed by atoms with Gasteiger partial charge in [-0.05, 0) is 31.2 Å². The quantitative estimate of drug-likeness (QED) is 0.368. The fourth-order valence-electron chi connectivity index (χ4n) is 2.51. The van der Waals surface area contributed by atoms with E-state index in [-0.39, 0.29) is 28.6 Å². The molecule has 0 bridgehead atoms. The van der Waals surface area contributed by atoms with Crippen LogP contribution in [0.15, 0.2) is 52.4 Å². The first-order chi connectivity index (χ1) is 13.4. The fraction of sp³-hybridized carbons (Fsp3) is 0.167. The maximum atomic E-state index is 12.6. The predicted molar refractivity (Wildman–Crippen MR) is 101 cm³/mol. The summed E-state index contributed by atoms with van der Waals surface area (Å²) in [5, 5.41) is 17.5. The standard InChI is InChI=1S/C18H18N6O4/c1-3-28-22-15(19)13-10-9-12(17(25)26)14(20-13)16-21-24(18(27)23(16)2)11-7-5-4-6-8-11/h4-10H,3H2,1-2H3,(H2,19,22)(H,25,26). The summed E-state index contributed by atoms with van der Waals surface area (Å²) in [6, 6.07) is 11.5. The highest BCUT2D eigenvalue weighted by molar-refractivity contribution is 5.99. The Morgan fingerprint density at radius 1 is 1.25 bits per heavy atom. The molecular weight excluding hydrogens is 364 g/mol. The molecule has 2 aromatic heterocycles. The van der Waals surface area contributed by atoms with Crippen molar-refractivity contribution < 1.29 is 14.7 Å². The Hall–Kier alpha value is -3.95. The van der Waals surface area contributed by atoms with Crippen LogP contribution in [0.25, 0.3) is 17.2 Å². The van der Waals surface area contributed by atoms with Crippen molar-refractivity contribution in [2.24, 2.45) is 17.9 Å². The molecule has 0 spiro atoms. The number of para-hydroxylation sites is 1. The van der Waals surface area contributed by atoms with E-state index in [1.165, 1.54) is 28.4 Å². The van der Waals surface area contributed by atoms with Gasteiger partial charge in [-0.15, -0.1) is 5.10 Å². The zero-order chi connectivity index (χ0) is 20.3. The lowest BCUT2D eigenvalue weighted by Gasteiger charge is -2.07. The number of aromatic carboxylic acids is 1. The molecule has 28 heavy (non-hydrogen) atoms. The van der Waals surface area contributed by atoms with Crippen molar-refractivity contribution in [1.29, 1.82) is 0 Å². The second kappa shape index (κ2) is 7.74. The summed E-state index contributed by atoms with van der Waals surface area (Å²) in [4.78, 5) is 33.5. The third-order valence-electron chi connectivity index (χ3n) is 3.87. The summed E-state index contributed by atoms with van der Waals surface area (Å²) in [6.45, 7) is 2.06. The number of carboxylic acid groups (broad SMARTS) is 1. The SMILES string of the molecule is CCON=C(N)c1ccc(C(=O)O)c(-c2nn(-c3ccccc3)c(=O)n2C)n1. The van der Waals surface area contributed by atoms with Crippen LogP contribution in [0.3, 0.4) is 0 Å². The number of hydrogen-bond acceptors (Lipinski definition) is 6. The van der Waals surface area contributed by atoms with Gasteiger partial charge in [0.15, 0.2) is 11.7 Å². The maximum absolute atomic E-state index is 12.6. The highest BCUT2D eigenvalue weighted by Crippen LogP contribution is 2.20. The molecule has 0 atom stereocenters. The van der Waals surface area contributed by atoms with Gasteiger partial charge in [0.2, 0.25) is 0 Å². The van der Waals surface area contributed by atoms with Gasteiger partial charge >= 0.3 is 11.7 Å². The number of nitrogens with two attached hydrogens (primary N) is 1. The molecule has 0 unspecified atom stereocenters. The van der Waals surface area contributed by atoms with Gasteiger partial charge in [-0.1, -0.05) is 23.4 Å². The number of benzene rings is 1. The Labute approximate surface area is 159 Å². The Morgan fingerprint density at radius 3 is 2.61 bits per heavy atom. The summed E-state index contributed by atoms with van der Waals surface area (Å²) < 4.78 is 2.40. The number of carboxylic acids is 1. The molecule has 0 radical (unpaired) electrons. The summed E-state index contributed by atoms with van der Waals surface area (Å²) >= 11 is 0. The van der Waals surface area contributed by atoms with Crippen molar-refractivity contribution in [3.05, 3.63) is 64.2 Å². The lowest BCUT2D eigenvalue weighted by Crippen LogP contribution is -2.22. The van der Waals surface area contributed by atoms with E-state index in [0.29, 0.717) is 12.3 Å². The van der Waals surface area contributed by atoms with Crippen molar-refractivity contribution in [2.75, 3.05) is 6.61 Å². The van der Waals surface area contributed by atoms with Crippen LogP contribution in [0.5, 0.6) is 0 Å². The van der Waals surface area contributed by atoms with Crippen molar-refractivity contribution in [1.82, 2.24) is 19.3 Å². The third kappa shape index (κ3) is 3.47. The lowest BCUT2D eigenvalue weighted by molar-refractivity contribution is 0.0697. The first kappa shape index (κ1) is 18.8. The maximum Gasteiger partial charge on any atom is 0.350 e. The Balaban J connectivity index is 2.20. The van der Waals surface area contributed by atoms with E-state index < -0.39 is 11.7 Å². The van der Waals surface area contributed by atoms with Crippen LogP contribution in [0, 0.1) is 0 Å². The topological polar surface area (TPSA) is 138 Å². The molecule has 0 fully saturated rings. The first-order valence-electron chi connectivity index (χ1n) is 8.36. The molecule has 0 amide bonds. The van der Waals surface area contributed by atoms with Gasteiger partial charge in [-0.3, -0.25) is 4.57 Å². The molecule has 0 aliphatic carbocycles. The van der Waals surface area contributed by atoms with Crippen molar-refractivity contribution in [3.63, 3.8) is 0 Å². The van der Waals surface area contributed by atoms with Gasteiger partial charge in [0.25, 0.3) is 0 Å². The number of rotatable bonds is 6. The molecule has 3 N–H and O–H groups in total. The van der Waals surface area contributed by atoms with Crippen LogP contribution in [-0.4, -0.2) is 42.8 Å². The molecule has 0 saturated heterocycles. The summed E-state index contributed by atoms with van der Waals surface area (Å²) in [5.41, 5.74) is 6.01. The minimum Gasteiger partial charge on any atom is -0.478 e. The van der Waals surface area contributed by atoms with Crippen LogP contribution in [-0.2, 0) is 11.9 Å². The minimum absolute atomic E-state index is 0.00562. The number of pyridine rings is 1. The molecule has 144 valence electrons. The van der Waals surface area contributed by atoms with E-state index >= 15 is 0 Å². The van der Waals surface area contributed by atoms with Gasteiger partial charge in [0.05, 0.1) is 11.3 Å². The van der Waals surface area contributed by atoms with E-state index in [0.717, 1.165) is 0 Å². The number of nitrogens with zero attached hydrogens (tertiary/aromatic N) is 5. The van der Waals surface area contributed by atoms with E-state index in [4.69, 9.17) is 10.6 Å². The molecule has 3 aromatic rings. The summed E-state index contributed by atoms with van der Waals surface area (Å²) in [6.07, 6.45) is 0. The highest BCUT2D eigenvalue weighted by Gasteiger charge is 2.22. The number of hydrogen-bond donors (Lipinski definition) is 2. The fourth-order valence-corrected chi connectivity index (χ4v) is 2.51. The van der Waals surface area contributed by atoms with Crippen molar-refractivity contribution >= 4 is 11.8 Å². The van der Waals surface area contributed by atoms with E-state index in [1.807, 2.05) is 6.07 Å².